The number of methoxy groups -OCH3 is 1. The Bertz CT molecular complexity index is 970. The lowest BCUT2D eigenvalue weighted by atomic mass is 10.1. The van der Waals surface area contributed by atoms with Crippen LogP contribution in [-0.4, -0.2) is 19.2 Å². The minimum absolute atomic E-state index is 0.207. The van der Waals surface area contributed by atoms with Gasteiger partial charge in [-0.2, -0.15) is 5.10 Å². The third-order valence-electron chi connectivity index (χ3n) is 4.10. The van der Waals surface area contributed by atoms with Gasteiger partial charge < -0.3 is 9.47 Å². The van der Waals surface area contributed by atoms with Crippen LogP contribution in [0.3, 0.4) is 0 Å². The number of nitrogens with zero attached hydrogens (tertiary/aromatic N) is 1. The molecule has 0 heterocycles. The second kappa shape index (κ2) is 10.0. The summed E-state index contributed by atoms with van der Waals surface area (Å²) in [5.74, 6) is 0.915. The van der Waals surface area contributed by atoms with E-state index in [2.05, 4.69) is 10.5 Å². The van der Waals surface area contributed by atoms with E-state index in [-0.39, 0.29) is 24.8 Å². The molecule has 0 atom stereocenters. The van der Waals surface area contributed by atoms with Crippen LogP contribution in [0, 0.1) is 5.82 Å². The zero-order chi connectivity index (χ0) is 20.5. The first-order valence-corrected chi connectivity index (χ1v) is 9.04. The molecule has 0 unspecified atom stereocenters. The first kappa shape index (κ1) is 20.1. The summed E-state index contributed by atoms with van der Waals surface area (Å²) in [6, 6.07) is 20.8. The van der Waals surface area contributed by atoms with E-state index in [1.54, 1.807) is 37.6 Å². The summed E-state index contributed by atoms with van der Waals surface area (Å²) in [6.07, 6.45) is 1.79. The summed E-state index contributed by atoms with van der Waals surface area (Å²) in [7, 11) is 1.60. The third kappa shape index (κ3) is 6.46. The highest BCUT2D eigenvalue weighted by molar-refractivity contribution is 5.83. The molecule has 29 heavy (non-hydrogen) atoms. The molecule has 0 saturated carbocycles. The molecule has 0 aliphatic rings. The summed E-state index contributed by atoms with van der Waals surface area (Å²) in [5, 5.41) is 3.97. The minimum atomic E-state index is -0.285. The fourth-order valence-corrected chi connectivity index (χ4v) is 2.59. The van der Waals surface area contributed by atoms with E-state index in [0.717, 1.165) is 22.4 Å². The molecule has 3 aromatic rings. The lowest BCUT2D eigenvalue weighted by Gasteiger charge is -2.06. The third-order valence-corrected chi connectivity index (χ3v) is 4.10. The molecular weight excluding hydrogens is 371 g/mol. The molecule has 1 N–H and O–H groups in total. The molecule has 6 heteroatoms. The van der Waals surface area contributed by atoms with Gasteiger partial charge in [0.05, 0.1) is 19.7 Å². The highest BCUT2D eigenvalue weighted by atomic mass is 19.1. The quantitative estimate of drug-likeness (QED) is 0.464. The van der Waals surface area contributed by atoms with Crippen molar-refractivity contribution in [1.29, 1.82) is 0 Å². The molecule has 3 aromatic carbocycles. The number of carbonyl (C=O) groups is 1. The van der Waals surface area contributed by atoms with Gasteiger partial charge in [0.2, 0.25) is 5.91 Å². The lowest BCUT2D eigenvalue weighted by Crippen LogP contribution is -2.19. The maximum Gasteiger partial charge on any atom is 0.244 e. The molecule has 0 aromatic heterocycles. The van der Waals surface area contributed by atoms with Gasteiger partial charge in [-0.15, -0.1) is 0 Å². The predicted octanol–water partition coefficient (Wildman–Crippen LogP) is 4.11. The summed E-state index contributed by atoms with van der Waals surface area (Å²) >= 11 is 0. The monoisotopic (exact) mass is 392 g/mol. The minimum Gasteiger partial charge on any atom is -0.497 e. The van der Waals surface area contributed by atoms with Crippen LogP contribution in [0.5, 0.6) is 11.5 Å². The second-order valence-corrected chi connectivity index (χ2v) is 6.31. The van der Waals surface area contributed by atoms with Gasteiger partial charge in [-0.3, -0.25) is 4.79 Å². The Balaban J connectivity index is 1.45. The van der Waals surface area contributed by atoms with Gasteiger partial charge in [-0.25, -0.2) is 9.82 Å². The number of nitrogens with one attached hydrogen (secondary N) is 1. The fraction of sp³-hybridized carbons (Fsp3) is 0.130. The van der Waals surface area contributed by atoms with Gasteiger partial charge in [0.15, 0.2) is 0 Å². The van der Waals surface area contributed by atoms with Crippen molar-refractivity contribution in [2.24, 2.45) is 5.10 Å². The van der Waals surface area contributed by atoms with Gasteiger partial charge in [0, 0.05) is 0 Å². The Morgan fingerprint density at radius 1 is 1.00 bits per heavy atom. The average Bonchev–Trinajstić information content (AvgIpc) is 2.74. The molecule has 148 valence electrons. The molecule has 5 nitrogen and oxygen atoms in total. The van der Waals surface area contributed by atoms with Gasteiger partial charge >= 0.3 is 0 Å². The molecule has 3 rings (SSSR count). The molecule has 0 aliphatic heterocycles. The number of hydrazone groups is 1. The molecule has 0 saturated heterocycles. The molecule has 1 amide bonds. The smallest absolute Gasteiger partial charge is 0.244 e. The summed E-state index contributed by atoms with van der Waals surface area (Å²) < 4.78 is 23.9. The Hall–Kier alpha value is -3.67. The lowest BCUT2D eigenvalue weighted by molar-refractivity contribution is -0.120. The highest BCUT2D eigenvalue weighted by Crippen LogP contribution is 2.14. The molecule has 0 fully saturated rings. The van der Waals surface area contributed by atoms with Crippen molar-refractivity contribution in [2.45, 2.75) is 13.0 Å². The van der Waals surface area contributed by atoms with Crippen LogP contribution in [0.1, 0.15) is 16.7 Å². The summed E-state index contributed by atoms with van der Waals surface area (Å²) in [6.45, 7) is 0.284. The van der Waals surface area contributed by atoms with Crippen molar-refractivity contribution < 1.29 is 18.7 Å². The molecule has 0 spiro atoms. The largest absolute Gasteiger partial charge is 0.497 e. The number of halogens is 1. The van der Waals surface area contributed by atoms with Crippen LogP contribution in [-0.2, 0) is 17.8 Å². The van der Waals surface area contributed by atoms with E-state index >= 15 is 0 Å². The van der Waals surface area contributed by atoms with E-state index in [4.69, 9.17) is 9.47 Å². The maximum absolute atomic E-state index is 13.2. The van der Waals surface area contributed by atoms with Crippen LogP contribution < -0.4 is 14.9 Å². The molecule has 0 aliphatic carbocycles. The number of carbonyl (C=O) groups excluding carboxylic acids is 1. The normalized spacial score (nSPS) is 10.7. The first-order chi connectivity index (χ1) is 14.1. The van der Waals surface area contributed by atoms with E-state index in [1.807, 2.05) is 36.4 Å². The van der Waals surface area contributed by atoms with Gasteiger partial charge in [0.1, 0.15) is 23.9 Å². The molecular formula is C23H21FN2O3. The SMILES string of the molecule is COc1ccc(CC(=O)NN=Cc2ccc(OCc3cccc(F)c3)cc2)cc1. The van der Waals surface area contributed by atoms with E-state index in [0.29, 0.717) is 5.75 Å². The fourth-order valence-electron chi connectivity index (χ4n) is 2.59. The van der Waals surface area contributed by atoms with Crippen LogP contribution in [0.15, 0.2) is 77.9 Å². The number of hydrogen-bond donors (Lipinski definition) is 1. The van der Waals surface area contributed by atoms with Gasteiger partial charge in [-0.1, -0.05) is 24.3 Å². The number of hydrogen-bond acceptors (Lipinski definition) is 4. The van der Waals surface area contributed by atoms with Crippen LogP contribution in [0.25, 0.3) is 0 Å². The Morgan fingerprint density at radius 2 is 1.72 bits per heavy atom. The van der Waals surface area contributed by atoms with Gasteiger partial charge in [0.25, 0.3) is 0 Å². The van der Waals surface area contributed by atoms with E-state index in [9.17, 15) is 9.18 Å². The maximum atomic E-state index is 13.2. The van der Waals surface area contributed by atoms with Crippen LogP contribution in [0.2, 0.25) is 0 Å². The van der Waals surface area contributed by atoms with Crippen LogP contribution in [0.4, 0.5) is 4.39 Å². The standard InChI is InChI=1S/C23H21FN2O3/c1-28-21-9-5-17(6-10-21)14-23(27)26-25-15-18-7-11-22(12-8-18)29-16-19-3-2-4-20(24)13-19/h2-13,15H,14,16H2,1H3,(H,26,27). The zero-order valence-corrected chi connectivity index (χ0v) is 16.0. The number of benzene rings is 3. The second-order valence-electron chi connectivity index (χ2n) is 6.31. The molecule has 0 radical (unpaired) electrons. The van der Waals surface area contributed by atoms with Crippen molar-refractivity contribution in [3.63, 3.8) is 0 Å². The Labute approximate surface area is 168 Å². The van der Waals surface area contributed by atoms with Crippen molar-refractivity contribution in [3.8, 4) is 11.5 Å². The molecule has 0 bridgehead atoms. The van der Waals surface area contributed by atoms with E-state index in [1.165, 1.54) is 12.1 Å². The van der Waals surface area contributed by atoms with Gasteiger partial charge in [-0.05, 0) is 65.2 Å². The Morgan fingerprint density at radius 3 is 2.41 bits per heavy atom. The summed E-state index contributed by atoms with van der Waals surface area (Å²) in [5.41, 5.74) is 4.95. The van der Waals surface area contributed by atoms with Crippen LogP contribution >= 0.6 is 0 Å². The van der Waals surface area contributed by atoms with Crippen molar-refractivity contribution in [2.75, 3.05) is 7.11 Å². The van der Waals surface area contributed by atoms with Crippen molar-refractivity contribution >= 4 is 12.1 Å². The highest BCUT2D eigenvalue weighted by Gasteiger charge is 2.02. The Kier molecular flexibility index (Phi) is 6.95. The summed E-state index contributed by atoms with van der Waals surface area (Å²) in [4.78, 5) is 12.0. The number of rotatable bonds is 8. The van der Waals surface area contributed by atoms with E-state index < -0.39 is 0 Å². The van der Waals surface area contributed by atoms with Crippen molar-refractivity contribution in [3.05, 3.63) is 95.3 Å². The predicted molar refractivity (Wildman–Crippen MR) is 110 cm³/mol. The first-order valence-electron chi connectivity index (χ1n) is 9.04. The zero-order valence-electron chi connectivity index (χ0n) is 16.0. The number of ether oxygens (including phenoxy) is 2. The van der Waals surface area contributed by atoms with Crippen molar-refractivity contribution in [1.82, 2.24) is 5.43 Å². The average molecular weight is 392 g/mol. The number of amides is 1. The topological polar surface area (TPSA) is 59.9 Å².